The summed E-state index contributed by atoms with van der Waals surface area (Å²) < 4.78 is 24.0. The number of nitrogens with one attached hydrogen (secondary N) is 3. The summed E-state index contributed by atoms with van der Waals surface area (Å²) in [6.07, 6.45) is 0. The molecule has 8 heteroatoms. The molecule has 124 valence electrons. The maximum absolute atomic E-state index is 12.1. The van der Waals surface area contributed by atoms with E-state index in [2.05, 4.69) is 15.2 Å². The molecule has 0 fully saturated rings. The molecule has 3 aromatic rings. The van der Waals surface area contributed by atoms with E-state index < -0.39 is 15.9 Å². The Hall–Kier alpha value is -2.35. The highest BCUT2D eigenvalue weighted by molar-refractivity contribution is 7.88. The highest BCUT2D eigenvalue weighted by atomic mass is 35.5. The number of hydrazine groups is 1. The molecule has 2 aromatic carbocycles. The minimum Gasteiger partial charge on any atom is -0.350 e. The molecular formula is C16H14ClN3O3S. The van der Waals surface area contributed by atoms with E-state index in [1.807, 2.05) is 0 Å². The number of hydrogen-bond acceptors (Lipinski definition) is 3. The minimum absolute atomic E-state index is 0.226. The zero-order valence-corrected chi connectivity index (χ0v) is 14.0. The first-order valence-electron chi connectivity index (χ1n) is 7.05. The quantitative estimate of drug-likeness (QED) is 0.608. The van der Waals surface area contributed by atoms with Gasteiger partial charge in [-0.2, -0.15) is 0 Å². The fourth-order valence-corrected chi connectivity index (χ4v) is 3.38. The van der Waals surface area contributed by atoms with Crippen LogP contribution in [0.1, 0.15) is 16.1 Å². The molecular weight excluding hydrogens is 350 g/mol. The van der Waals surface area contributed by atoms with Crippen molar-refractivity contribution >= 4 is 38.4 Å². The van der Waals surface area contributed by atoms with Crippen LogP contribution < -0.4 is 10.3 Å². The average Bonchev–Trinajstić information content (AvgIpc) is 2.96. The third-order valence-corrected chi connectivity index (χ3v) is 4.71. The lowest BCUT2D eigenvalue weighted by atomic mass is 10.2. The number of amides is 1. The van der Waals surface area contributed by atoms with Crippen LogP contribution in [-0.4, -0.2) is 19.3 Å². The van der Waals surface area contributed by atoms with Gasteiger partial charge < -0.3 is 4.98 Å². The van der Waals surface area contributed by atoms with E-state index in [1.165, 1.54) is 0 Å². The number of sulfonamides is 1. The first kappa shape index (κ1) is 16.5. The average molecular weight is 364 g/mol. The molecule has 0 aliphatic rings. The Labute approximate surface area is 143 Å². The van der Waals surface area contributed by atoms with E-state index in [1.54, 1.807) is 54.6 Å². The largest absolute Gasteiger partial charge is 0.350 e. The number of carbonyl (C=O) groups excluding carboxylic acids is 1. The second-order valence-corrected chi connectivity index (χ2v) is 7.37. The van der Waals surface area contributed by atoms with Crippen molar-refractivity contribution in [3.05, 3.63) is 70.9 Å². The van der Waals surface area contributed by atoms with Crippen molar-refractivity contribution in [2.75, 3.05) is 0 Å². The molecule has 0 spiro atoms. The van der Waals surface area contributed by atoms with Gasteiger partial charge in [0.05, 0.1) is 5.75 Å². The maximum atomic E-state index is 12.1. The predicted octanol–water partition coefficient (Wildman–Crippen LogP) is 2.59. The van der Waals surface area contributed by atoms with Crippen LogP contribution in [0.4, 0.5) is 0 Å². The van der Waals surface area contributed by atoms with Crippen LogP contribution in [0.25, 0.3) is 10.9 Å². The van der Waals surface area contributed by atoms with Crippen molar-refractivity contribution in [1.82, 2.24) is 15.2 Å². The van der Waals surface area contributed by atoms with Crippen molar-refractivity contribution < 1.29 is 13.2 Å². The molecule has 6 nitrogen and oxygen atoms in total. The highest BCUT2D eigenvalue weighted by Gasteiger charge is 2.15. The molecule has 0 aliphatic heterocycles. The second kappa shape index (κ2) is 6.64. The number of halogens is 1. The number of benzene rings is 2. The van der Waals surface area contributed by atoms with Crippen LogP contribution >= 0.6 is 11.6 Å². The normalized spacial score (nSPS) is 11.5. The van der Waals surface area contributed by atoms with Crippen molar-refractivity contribution in [2.24, 2.45) is 0 Å². The highest BCUT2D eigenvalue weighted by Crippen LogP contribution is 2.19. The Morgan fingerprint density at radius 2 is 1.83 bits per heavy atom. The van der Waals surface area contributed by atoms with Gasteiger partial charge in [-0.25, -0.2) is 8.42 Å². The van der Waals surface area contributed by atoms with Gasteiger partial charge in [-0.3, -0.25) is 10.2 Å². The lowest BCUT2D eigenvalue weighted by molar-refractivity contribution is 0.0941. The Balaban J connectivity index is 1.67. The summed E-state index contributed by atoms with van der Waals surface area (Å²) >= 11 is 5.90. The summed E-state index contributed by atoms with van der Waals surface area (Å²) in [6, 6.07) is 15.4. The first-order chi connectivity index (χ1) is 11.4. The molecule has 1 heterocycles. The van der Waals surface area contributed by atoms with Crippen LogP contribution in [0.2, 0.25) is 5.02 Å². The lowest BCUT2D eigenvalue weighted by Crippen LogP contribution is -2.42. The standard InChI is InChI=1S/C16H14ClN3O3S/c17-13-6-7-14-12(8-13)9-15(18-14)16(21)19-20-24(22,23)10-11-4-2-1-3-5-11/h1-9,18,20H,10H2,(H,19,21). The van der Waals surface area contributed by atoms with E-state index in [0.29, 0.717) is 10.6 Å². The van der Waals surface area contributed by atoms with Gasteiger partial charge in [-0.05, 0) is 29.8 Å². The van der Waals surface area contributed by atoms with Gasteiger partial charge in [0.2, 0.25) is 10.0 Å². The minimum atomic E-state index is -3.69. The summed E-state index contributed by atoms with van der Waals surface area (Å²) in [4.78, 5) is 17.1. The summed E-state index contributed by atoms with van der Waals surface area (Å²) in [5.74, 6) is -0.810. The smallest absolute Gasteiger partial charge is 0.282 e. The third-order valence-electron chi connectivity index (χ3n) is 3.35. The van der Waals surface area contributed by atoms with Crippen LogP contribution in [-0.2, 0) is 15.8 Å². The van der Waals surface area contributed by atoms with Gasteiger partial charge in [-0.15, -0.1) is 4.83 Å². The molecule has 0 unspecified atom stereocenters. The Morgan fingerprint density at radius 1 is 1.08 bits per heavy atom. The van der Waals surface area contributed by atoms with Gasteiger partial charge in [0, 0.05) is 15.9 Å². The summed E-state index contributed by atoms with van der Waals surface area (Å²) in [7, 11) is -3.69. The monoisotopic (exact) mass is 363 g/mol. The molecule has 24 heavy (non-hydrogen) atoms. The van der Waals surface area contributed by atoms with Gasteiger partial charge in [-0.1, -0.05) is 41.9 Å². The number of aromatic nitrogens is 1. The van der Waals surface area contributed by atoms with Crippen molar-refractivity contribution in [2.45, 2.75) is 5.75 Å². The molecule has 3 N–H and O–H groups in total. The number of rotatable bonds is 5. The molecule has 0 radical (unpaired) electrons. The molecule has 1 amide bonds. The number of hydrogen-bond donors (Lipinski definition) is 3. The van der Waals surface area contributed by atoms with Gasteiger partial charge in [0.1, 0.15) is 5.69 Å². The van der Waals surface area contributed by atoms with E-state index in [-0.39, 0.29) is 11.4 Å². The molecule has 0 bridgehead atoms. The van der Waals surface area contributed by atoms with Gasteiger partial charge in [0.25, 0.3) is 5.91 Å². The zero-order valence-electron chi connectivity index (χ0n) is 12.4. The topological polar surface area (TPSA) is 91.1 Å². The number of H-pyrrole nitrogens is 1. The maximum Gasteiger partial charge on any atom is 0.282 e. The van der Waals surface area contributed by atoms with E-state index >= 15 is 0 Å². The zero-order chi connectivity index (χ0) is 17.2. The number of carbonyl (C=O) groups is 1. The number of fused-ring (bicyclic) bond motifs is 1. The molecule has 3 rings (SSSR count). The SMILES string of the molecule is O=C(NNS(=O)(=O)Cc1ccccc1)c1cc2cc(Cl)ccc2[nH]1. The van der Waals surface area contributed by atoms with E-state index in [0.717, 1.165) is 10.9 Å². The molecule has 0 saturated carbocycles. The number of aromatic amines is 1. The van der Waals surface area contributed by atoms with Crippen LogP contribution in [0.15, 0.2) is 54.6 Å². The predicted molar refractivity (Wildman–Crippen MR) is 93.0 cm³/mol. The van der Waals surface area contributed by atoms with E-state index in [4.69, 9.17) is 11.6 Å². The van der Waals surface area contributed by atoms with Crippen molar-refractivity contribution in [1.29, 1.82) is 0 Å². The molecule has 0 aliphatic carbocycles. The summed E-state index contributed by atoms with van der Waals surface area (Å²) in [6.45, 7) is 0. The summed E-state index contributed by atoms with van der Waals surface area (Å²) in [5, 5.41) is 1.32. The van der Waals surface area contributed by atoms with Crippen molar-refractivity contribution in [3.8, 4) is 0 Å². The van der Waals surface area contributed by atoms with Crippen LogP contribution in [0.5, 0.6) is 0 Å². The third kappa shape index (κ3) is 3.94. The van der Waals surface area contributed by atoms with Gasteiger partial charge >= 0.3 is 0 Å². The van der Waals surface area contributed by atoms with E-state index in [9.17, 15) is 13.2 Å². The fraction of sp³-hybridized carbons (Fsp3) is 0.0625. The van der Waals surface area contributed by atoms with Crippen LogP contribution in [0.3, 0.4) is 0 Å². The Morgan fingerprint density at radius 3 is 2.58 bits per heavy atom. The second-order valence-electron chi connectivity index (χ2n) is 5.22. The summed E-state index contributed by atoms with van der Waals surface area (Å²) in [5.41, 5.74) is 3.78. The van der Waals surface area contributed by atoms with Gasteiger partial charge in [0.15, 0.2) is 0 Å². The molecule has 0 atom stereocenters. The Kier molecular flexibility index (Phi) is 4.57. The van der Waals surface area contributed by atoms with Crippen molar-refractivity contribution in [3.63, 3.8) is 0 Å². The fourth-order valence-electron chi connectivity index (χ4n) is 2.25. The first-order valence-corrected chi connectivity index (χ1v) is 9.08. The molecule has 1 aromatic heterocycles. The van der Waals surface area contributed by atoms with Crippen LogP contribution in [0, 0.1) is 0 Å². The Bertz CT molecular complexity index is 984. The lowest BCUT2D eigenvalue weighted by Gasteiger charge is -2.07. The molecule has 0 saturated heterocycles.